The molecule has 4 heteroatoms. The number of ether oxygens (including phenoxy) is 1. The van der Waals surface area contributed by atoms with E-state index in [4.69, 9.17) is 9.15 Å². The third-order valence-electron chi connectivity index (χ3n) is 4.10. The van der Waals surface area contributed by atoms with Crippen LogP contribution in [0.25, 0.3) is 0 Å². The highest BCUT2D eigenvalue weighted by atomic mass is 16.5. The van der Waals surface area contributed by atoms with E-state index in [0.29, 0.717) is 18.6 Å². The summed E-state index contributed by atoms with van der Waals surface area (Å²) in [6.07, 6.45) is 5.59. The minimum atomic E-state index is 0.584. The molecule has 0 spiro atoms. The zero-order valence-electron chi connectivity index (χ0n) is 13.7. The first kappa shape index (κ1) is 16.5. The fourth-order valence-corrected chi connectivity index (χ4v) is 2.84. The van der Waals surface area contributed by atoms with E-state index in [1.54, 1.807) is 0 Å². The van der Waals surface area contributed by atoms with E-state index in [1.807, 2.05) is 6.26 Å². The van der Waals surface area contributed by atoms with Crippen LogP contribution >= 0.6 is 0 Å². The van der Waals surface area contributed by atoms with Crippen molar-refractivity contribution in [3.05, 3.63) is 23.7 Å². The highest BCUT2D eigenvalue weighted by Crippen LogP contribution is 2.18. The molecule has 0 saturated carbocycles. The number of likely N-dealkylation sites (tertiary alicyclic amines) is 1. The van der Waals surface area contributed by atoms with E-state index < -0.39 is 0 Å². The normalized spacial score (nSPS) is 19.7. The Morgan fingerprint density at radius 2 is 2.33 bits per heavy atom. The molecule has 2 rings (SSSR count). The molecule has 2 heterocycles. The van der Waals surface area contributed by atoms with Gasteiger partial charge in [-0.2, -0.15) is 0 Å². The average molecular weight is 294 g/mol. The second-order valence-electron chi connectivity index (χ2n) is 6.56. The predicted molar refractivity (Wildman–Crippen MR) is 85.2 cm³/mol. The van der Waals surface area contributed by atoms with Gasteiger partial charge >= 0.3 is 0 Å². The van der Waals surface area contributed by atoms with Crippen LogP contribution in [0.4, 0.5) is 0 Å². The van der Waals surface area contributed by atoms with Crippen molar-refractivity contribution in [2.75, 3.05) is 26.7 Å². The molecule has 1 fully saturated rings. The van der Waals surface area contributed by atoms with Crippen molar-refractivity contribution in [3.63, 3.8) is 0 Å². The van der Waals surface area contributed by atoms with Crippen LogP contribution < -0.4 is 5.32 Å². The molecule has 120 valence electrons. The van der Waals surface area contributed by atoms with Gasteiger partial charge in [0.05, 0.1) is 6.26 Å². The van der Waals surface area contributed by atoms with Gasteiger partial charge in [-0.3, -0.25) is 0 Å². The maximum Gasteiger partial charge on any atom is 0.129 e. The number of furan rings is 1. The Hall–Kier alpha value is -0.840. The zero-order chi connectivity index (χ0) is 15.1. The average Bonchev–Trinajstić information content (AvgIpc) is 3.04. The third-order valence-corrected chi connectivity index (χ3v) is 4.10. The Kier molecular flexibility index (Phi) is 6.74. The molecule has 4 nitrogen and oxygen atoms in total. The lowest BCUT2D eigenvalue weighted by molar-refractivity contribution is 0.0894. The van der Waals surface area contributed by atoms with Crippen LogP contribution in [-0.4, -0.2) is 37.7 Å². The van der Waals surface area contributed by atoms with Crippen molar-refractivity contribution >= 4 is 0 Å². The second kappa shape index (κ2) is 8.57. The molecule has 0 aromatic carbocycles. The molecule has 1 aromatic rings. The van der Waals surface area contributed by atoms with Crippen LogP contribution in [0.1, 0.15) is 44.4 Å². The van der Waals surface area contributed by atoms with E-state index in [0.717, 1.165) is 31.9 Å². The molecule has 0 amide bonds. The number of nitrogens with zero attached hydrogens (tertiary/aromatic N) is 1. The molecular formula is C17H30N2O2. The Labute approximate surface area is 128 Å². The fraction of sp³-hybridized carbons (Fsp3) is 0.765. The summed E-state index contributed by atoms with van der Waals surface area (Å²) in [5.41, 5.74) is 1.20. The van der Waals surface area contributed by atoms with Gasteiger partial charge in [-0.15, -0.1) is 0 Å². The lowest BCUT2D eigenvalue weighted by Crippen LogP contribution is -2.26. The van der Waals surface area contributed by atoms with Gasteiger partial charge in [0.25, 0.3) is 0 Å². The summed E-state index contributed by atoms with van der Waals surface area (Å²) >= 11 is 0. The molecule has 0 radical (unpaired) electrons. The van der Waals surface area contributed by atoms with E-state index >= 15 is 0 Å². The maximum atomic E-state index is 5.75. The fourth-order valence-electron chi connectivity index (χ4n) is 2.84. The number of rotatable bonds is 9. The van der Waals surface area contributed by atoms with Crippen LogP contribution in [0.15, 0.2) is 16.7 Å². The number of hydrogen-bond acceptors (Lipinski definition) is 4. The van der Waals surface area contributed by atoms with Crippen molar-refractivity contribution in [1.29, 1.82) is 0 Å². The van der Waals surface area contributed by atoms with Crippen LogP contribution in [0.2, 0.25) is 0 Å². The molecule has 1 aliphatic rings. The summed E-state index contributed by atoms with van der Waals surface area (Å²) in [6, 6.07) is 2.80. The lowest BCUT2D eigenvalue weighted by Gasteiger charge is -2.18. The Morgan fingerprint density at radius 3 is 3.05 bits per heavy atom. The lowest BCUT2D eigenvalue weighted by atomic mass is 10.1. The predicted octanol–water partition coefficient (Wildman–Crippen LogP) is 3.03. The Morgan fingerprint density at radius 1 is 1.48 bits per heavy atom. The maximum absolute atomic E-state index is 5.75. The Bertz CT molecular complexity index is 403. The van der Waals surface area contributed by atoms with Crippen molar-refractivity contribution in [3.8, 4) is 0 Å². The minimum Gasteiger partial charge on any atom is -0.467 e. The molecule has 1 aliphatic heterocycles. The van der Waals surface area contributed by atoms with Gasteiger partial charge in [0.1, 0.15) is 12.4 Å². The molecule has 1 aromatic heterocycles. The van der Waals surface area contributed by atoms with Gasteiger partial charge in [-0.05, 0) is 51.4 Å². The van der Waals surface area contributed by atoms with Gasteiger partial charge < -0.3 is 19.4 Å². The second-order valence-corrected chi connectivity index (χ2v) is 6.56. The highest BCUT2D eigenvalue weighted by Gasteiger charge is 2.20. The summed E-state index contributed by atoms with van der Waals surface area (Å²) in [4.78, 5) is 2.44. The summed E-state index contributed by atoms with van der Waals surface area (Å²) in [5, 5.41) is 3.42. The summed E-state index contributed by atoms with van der Waals surface area (Å²) < 4.78 is 11.3. The van der Waals surface area contributed by atoms with E-state index in [1.165, 1.54) is 24.9 Å². The first-order chi connectivity index (χ1) is 10.1. The first-order valence-electron chi connectivity index (χ1n) is 8.20. The Balaban J connectivity index is 1.59. The number of nitrogens with one attached hydrogen (secondary N) is 1. The van der Waals surface area contributed by atoms with E-state index in [2.05, 4.69) is 37.2 Å². The zero-order valence-corrected chi connectivity index (χ0v) is 13.7. The highest BCUT2D eigenvalue weighted by molar-refractivity contribution is 5.12. The van der Waals surface area contributed by atoms with Crippen LogP contribution in [0.3, 0.4) is 0 Å². The molecule has 0 bridgehead atoms. The minimum absolute atomic E-state index is 0.584. The molecule has 1 unspecified atom stereocenters. The van der Waals surface area contributed by atoms with E-state index in [9.17, 15) is 0 Å². The summed E-state index contributed by atoms with van der Waals surface area (Å²) in [5.74, 6) is 1.60. The number of hydrogen-bond donors (Lipinski definition) is 1. The van der Waals surface area contributed by atoms with Crippen LogP contribution in [0.5, 0.6) is 0 Å². The van der Waals surface area contributed by atoms with Gasteiger partial charge in [0, 0.05) is 24.8 Å². The largest absolute Gasteiger partial charge is 0.467 e. The summed E-state index contributed by atoms with van der Waals surface area (Å²) in [6.45, 7) is 8.96. The standard InChI is InChI=1S/C17H30N2O2/c1-14(2)10-18-11-15-9-17(21-12-15)13-20-8-6-16-5-4-7-19(16)3/h9,12,14,16,18H,4-8,10-11,13H2,1-3H3. The molecule has 0 aliphatic carbocycles. The molecule has 1 atom stereocenters. The topological polar surface area (TPSA) is 37.6 Å². The smallest absolute Gasteiger partial charge is 0.129 e. The quantitative estimate of drug-likeness (QED) is 0.710. The van der Waals surface area contributed by atoms with Crippen molar-refractivity contribution in [2.45, 2.75) is 52.3 Å². The van der Waals surface area contributed by atoms with Gasteiger partial charge in [-0.1, -0.05) is 13.8 Å². The van der Waals surface area contributed by atoms with Gasteiger partial charge in [0.2, 0.25) is 0 Å². The van der Waals surface area contributed by atoms with Gasteiger partial charge in [-0.25, -0.2) is 0 Å². The van der Waals surface area contributed by atoms with Crippen molar-refractivity contribution in [1.82, 2.24) is 10.2 Å². The SMILES string of the molecule is CC(C)CNCc1coc(COCCC2CCCN2C)c1. The third kappa shape index (κ3) is 5.81. The van der Waals surface area contributed by atoms with Crippen LogP contribution in [0, 0.1) is 5.92 Å². The van der Waals surface area contributed by atoms with Crippen LogP contribution in [-0.2, 0) is 17.9 Å². The van der Waals surface area contributed by atoms with E-state index in [-0.39, 0.29) is 0 Å². The van der Waals surface area contributed by atoms with Gasteiger partial charge in [0.15, 0.2) is 0 Å². The monoisotopic (exact) mass is 294 g/mol. The molecule has 21 heavy (non-hydrogen) atoms. The molecule has 1 N–H and O–H groups in total. The van der Waals surface area contributed by atoms with Crippen molar-refractivity contribution in [2.24, 2.45) is 5.92 Å². The molecule has 1 saturated heterocycles. The molecular weight excluding hydrogens is 264 g/mol. The first-order valence-corrected chi connectivity index (χ1v) is 8.20. The van der Waals surface area contributed by atoms with Crippen molar-refractivity contribution < 1.29 is 9.15 Å². The summed E-state index contributed by atoms with van der Waals surface area (Å²) in [7, 11) is 2.21.